The summed E-state index contributed by atoms with van der Waals surface area (Å²) < 4.78 is 13.3. The van der Waals surface area contributed by atoms with E-state index in [1.54, 1.807) is 0 Å². The Bertz CT molecular complexity index is 475. The zero-order valence-electron chi connectivity index (χ0n) is 11.3. The van der Waals surface area contributed by atoms with E-state index >= 15 is 0 Å². The molecule has 1 saturated carbocycles. The average Bonchev–Trinajstić information content (AvgIpc) is 2.45. The maximum Gasteiger partial charge on any atom is 0.292 e. The van der Waals surface area contributed by atoms with Gasteiger partial charge in [-0.1, -0.05) is 19.3 Å². The summed E-state index contributed by atoms with van der Waals surface area (Å²) in [6.45, 7) is 0.387. The number of nitrogens with one attached hydrogen (secondary N) is 1. The number of hydrogen-bond acceptors (Lipinski definition) is 4. The molecule has 5 nitrogen and oxygen atoms in total. The number of anilines is 1. The molecule has 1 aromatic rings. The highest BCUT2D eigenvalue weighted by Crippen LogP contribution is 2.31. The Morgan fingerprint density at radius 2 is 2.10 bits per heavy atom. The molecule has 6 heteroatoms. The molecule has 110 valence electrons. The number of hydrogen-bond donors (Lipinski definition) is 2. The van der Waals surface area contributed by atoms with E-state index in [4.69, 9.17) is 5.73 Å². The molecule has 1 aliphatic carbocycles. The van der Waals surface area contributed by atoms with Gasteiger partial charge in [0.15, 0.2) is 0 Å². The summed E-state index contributed by atoms with van der Waals surface area (Å²) in [6, 6.07) is 3.41. The van der Waals surface area contributed by atoms with Crippen LogP contribution in [0.1, 0.15) is 32.1 Å². The first-order valence-corrected chi connectivity index (χ1v) is 7.02. The van der Waals surface area contributed by atoms with Crippen molar-refractivity contribution < 1.29 is 9.31 Å². The van der Waals surface area contributed by atoms with Crippen LogP contribution in [-0.2, 0) is 0 Å². The quantitative estimate of drug-likeness (QED) is 0.642. The van der Waals surface area contributed by atoms with Crippen LogP contribution in [0.25, 0.3) is 0 Å². The van der Waals surface area contributed by atoms with Gasteiger partial charge in [0.1, 0.15) is 11.5 Å². The third-order valence-electron chi connectivity index (χ3n) is 3.97. The molecule has 1 aromatic carbocycles. The standard InChI is InChI=1S/C14H20FN3O2/c15-11-6-7-14(18(19)20)12(8-11)17-13(9-16)10-4-2-1-3-5-10/h6-8,10,13,17H,1-5,9,16H2. The number of nitro groups is 1. The van der Waals surface area contributed by atoms with E-state index in [1.807, 2.05) is 0 Å². The Morgan fingerprint density at radius 3 is 2.70 bits per heavy atom. The molecule has 0 heterocycles. The van der Waals surface area contributed by atoms with E-state index in [9.17, 15) is 14.5 Å². The lowest BCUT2D eigenvalue weighted by molar-refractivity contribution is -0.384. The van der Waals surface area contributed by atoms with Crippen LogP contribution >= 0.6 is 0 Å². The van der Waals surface area contributed by atoms with Gasteiger partial charge in [-0.3, -0.25) is 10.1 Å². The van der Waals surface area contributed by atoms with Gasteiger partial charge in [-0.2, -0.15) is 0 Å². The van der Waals surface area contributed by atoms with Gasteiger partial charge in [-0.25, -0.2) is 4.39 Å². The van der Waals surface area contributed by atoms with E-state index in [0.29, 0.717) is 12.5 Å². The van der Waals surface area contributed by atoms with Gasteiger partial charge in [0.05, 0.1) is 4.92 Å². The molecule has 1 unspecified atom stereocenters. The van der Waals surface area contributed by atoms with E-state index in [1.165, 1.54) is 18.6 Å². The SMILES string of the molecule is NCC(Nc1cc(F)ccc1[N+](=O)[O-])C1CCCCC1. The number of benzene rings is 1. The van der Waals surface area contributed by atoms with Crippen molar-refractivity contribution in [3.8, 4) is 0 Å². The summed E-state index contributed by atoms with van der Waals surface area (Å²) in [7, 11) is 0. The molecule has 0 bridgehead atoms. The second-order valence-electron chi connectivity index (χ2n) is 5.30. The van der Waals surface area contributed by atoms with Gasteiger partial charge in [0, 0.05) is 24.7 Å². The van der Waals surface area contributed by atoms with E-state index in [0.717, 1.165) is 31.7 Å². The normalized spacial score (nSPS) is 17.7. The first kappa shape index (κ1) is 14.7. The average molecular weight is 281 g/mol. The van der Waals surface area contributed by atoms with Gasteiger partial charge >= 0.3 is 0 Å². The molecule has 1 aliphatic rings. The molecule has 0 radical (unpaired) electrons. The van der Waals surface area contributed by atoms with Crippen molar-refractivity contribution in [2.45, 2.75) is 38.1 Å². The third-order valence-corrected chi connectivity index (χ3v) is 3.97. The van der Waals surface area contributed by atoms with Gasteiger partial charge in [0.25, 0.3) is 5.69 Å². The second-order valence-corrected chi connectivity index (χ2v) is 5.30. The fraction of sp³-hybridized carbons (Fsp3) is 0.571. The number of nitrogens with zero attached hydrogens (tertiary/aromatic N) is 1. The van der Waals surface area contributed by atoms with E-state index in [-0.39, 0.29) is 17.4 Å². The Hall–Kier alpha value is -1.69. The minimum absolute atomic E-state index is 0.0456. The lowest BCUT2D eigenvalue weighted by Crippen LogP contribution is -2.37. The molecule has 0 spiro atoms. The monoisotopic (exact) mass is 281 g/mol. The highest BCUT2D eigenvalue weighted by Gasteiger charge is 2.25. The molecule has 0 aromatic heterocycles. The molecular formula is C14H20FN3O2. The Labute approximate surface area is 117 Å². The van der Waals surface area contributed by atoms with Crippen LogP contribution < -0.4 is 11.1 Å². The first-order chi connectivity index (χ1) is 9.61. The minimum atomic E-state index is -0.504. The van der Waals surface area contributed by atoms with E-state index < -0.39 is 10.7 Å². The van der Waals surface area contributed by atoms with Crippen LogP contribution in [0.5, 0.6) is 0 Å². The second kappa shape index (κ2) is 6.65. The summed E-state index contributed by atoms with van der Waals surface area (Å²) in [5, 5.41) is 14.1. The molecule has 2 rings (SSSR count). The van der Waals surface area contributed by atoms with Crippen molar-refractivity contribution in [2.75, 3.05) is 11.9 Å². The number of halogens is 1. The number of nitrogens with two attached hydrogens (primary N) is 1. The van der Waals surface area contributed by atoms with Crippen molar-refractivity contribution in [3.05, 3.63) is 34.1 Å². The first-order valence-electron chi connectivity index (χ1n) is 7.02. The summed E-state index contributed by atoms with van der Waals surface area (Å²) in [5.41, 5.74) is 5.90. The maximum atomic E-state index is 13.3. The summed E-state index contributed by atoms with van der Waals surface area (Å²) >= 11 is 0. The van der Waals surface area contributed by atoms with Crippen molar-refractivity contribution >= 4 is 11.4 Å². The lowest BCUT2D eigenvalue weighted by atomic mass is 9.84. The Balaban J connectivity index is 2.17. The maximum absolute atomic E-state index is 13.3. The van der Waals surface area contributed by atoms with Crippen LogP contribution in [0, 0.1) is 21.8 Å². The van der Waals surface area contributed by atoms with Crippen molar-refractivity contribution in [1.29, 1.82) is 0 Å². The zero-order chi connectivity index (χ0) is 14.5. The topological polar surface area (TPSA) is 81.2 Å². The Morgan fingerprint density at radius 1 is 1.40 bits per heavy atom. The van der Waals surface area contributed by atoms with Crippen LogP contribution in [0.2, 0.25) is 0 Å². The number of nitro benzene ring substituents is 1. The summed E-state index contributed by atoms with van der Waals surface area (Å²) in [5.74, 6) is -0.0888. The van der Waals surface area contributed by atoms with Crippen LogP contribution in [-0.4, -0.2) is 17.5 Å². The molecule has 0 aliphatic heterocycles. The van der Waals surface area contributed by atoms with Gasteiger partial charge < -0.3 is 11.1 Å². The zero-order valence-corrected chi connectivity index (χ0v) is 11.3. The van der Waals surface area contributed by atoms with Crippen molar-refractivity contribution in [3.63, 3.8) is 0 Å². The molecule has 0 amide bonds. The molecule has 20 heavy (non-hydrogen) atoms. The fourth-order valence-electron chi connectivity index (χ4n) is 2.89. The lowest BCUT2D eigenvalue weighted by Gasteiger charge is -2.30. The summed E-state index contributed by atoms with van der Waals surface area (Å²) in [6.07, 6.45) is 5.69. The third kappa shape index (κ3) is 3.45. The predicted molar refractivity (Wildman–Crippen MR) is 76.1 cm³/mol. The van der Waals surface area contributed by atoms with Gasteiger partial charge in [0.2, 0.25) is 0 Å². The van der Waals surface area contributed by atoms with Crippen molar-refractivity contribution in [1.82, 2.24) is 0 Å². The fourth-order valence-corrected chi connectivity index (χ4v) is 2.89. The highest BCUT2D eigenvalue weighted by molar-refractivity contribution is 5.62. The van der Waals surface area contributed by atoms with Crippen molar-refractivity contribution in [2.24, 2.45) is 11.7 Å². The largest absolute Gasteiger partial charge is 0.375 e. The molecule has 0 saturated heterocycles. The molecule has 1 fully saturated rings. The minimum Gasteiger partial charge on any atom is -0.375 e. The highest BCUT2D eigenvalue weighted by atomic mass is 19.1. The number of rotatable bonds is 5. The summed E-state index contributed by atoms with van der Waals surface area (Å²) in [4.78, 5) is 10.5. The van der Waals surface area contributed by atoms with E-state index in [2.05, 4.69) is 5.32 Å². The predicted octanol–water partition coefficient (Wildman–Crippen LogP) is 3.05. The van der Waals surface area contributed by atoms with Crippen LogP contribution in [0.3, 0.4) is 0 Å². The molecular weight excluding hydrogens is 261 g/mol. The molecule has 1 atom stereocenters. The smallest absolute Gasteiger partial charge is 0.292 e. The Kier molecular flexibility index (Phi) is 4.89. The van der Waals surface area contributed by atoms with Gasteiger partial charge in [-0.05, 0) is 24.8 Å². The van der Waals surface area contributed by atoms with Crippen LogP contribution in [0.4, 0.5) is 15.8 Å². The van der Waals surface area contributed by atoms with Gasteiger partial charge in [-0.15, -0.1) is 0 Å². The molecule has 3 N–H and O–H groups in total. The van der Waals surface area contributed by atoms with Crippen LogP contribution in [0.15, 0.2) is 18.2 Å².